The van der Waals surface area contributed by atoms with E-state index < -0.39 is 77.5 Å². The molecule has 1 fully saturated rings. The van der Waals surface area contributed by atoms with E-state index in [0.29, 0.717) is 28.2 Å². The number of nitrogens with zero attached hydrogens (tertiary/aromatic N) is 2. The molecule has 1 aliphatic rings. The highest BCUT2D eigenvalue weighted by atomic mass is 16.4. The van der Waals surface area contributed by atoms with Gasteiger partial charge in [0.15, 0.2) is 22.8 Å². The topological polar surface area (TPSA) is 314 Å². The number of quaternary nitrogens is 2. The number of nitrogens with one attached hydrogen (secondary N) is 2. The van der Waals surface area contributed by atoms with E-state index in [1.165, 1.54) is 0 Å². The van der Waals surface area contributed by atoms with Crippen LogP contribution in [-0.2, 0) is 38.4 Å². The molecule has 1 aliphatic heterocycles. The molecule has 0 radical (unpaired) electrons. The molecule has 0 aromatic rings. The van der Waals surface area contributed by atoms with Crippen LogP contribution >= 0.6 is 0 Å². The van der Waals surface area contributed by atoms with E-state index >= 15 is 0 Å². The second-order valence-corrected chi connectivity index (χ2v) is 14.8. The van der Waals surface area contributed by atoms with Gasteiger partial charge in [-0.15, -0.1) is 0 Å². The highest BCUT2D eigenvalue weighted by molar-refractivity contribution is 5.91. The standard InChI is InChI=1S/C11H21NO4.C10H19NO4.C7H14N2O3.C5H7NO3/c1-5-6-9(13)11(16,7-10(14)15)8-12(2,3)4;1-5-8(12)10(15,6-9(13)14)7-11(2,3)4;1-4(2)6(7(11)12)9-5(10)3-8;7-4-2-1-3(6-4)5(8)9/h16H,5-8H2,1-4H3;15H,5-7H2,1-4H3;4,6H,3,8H2,1-2H3,(H,9,10)(H,11,12);3H,1-2H2,(H,6,7)(H,8,9)/t;;6-;3-/m..00/s1. The van der Waals surface area contributed by atoms with Gasteiger partial charge in [-0.3, -0.25) is 19.2 Å². The van der Waals surface area contributed by atoms with Crippen LogP contribution in [0.2, 0.25) is 0 Å². The number of hydrogen-bond donors (Lipinski definition) is 7. The first-order valence-electron chi connectivity index (χ1n) is 16.7. The number of carboxylic acids is 4. The fourth-order valence-electron chi connectivity index (χ4n) is 4.87. The molecule has 19 heteroatoms. The van der Waals surface area contributed by atoms with Gasteiger partial charge in [0.05, 0.1) is 48.8 Å². The second-order valence-electron chi connectivity index (χ2n) is 14.8. The molecule has 1 saturated heterocycles. The molecule has 302 valence electrons. The van der Waals surface area contributed by atoms with Crippen LogP contribution in [0.1, 0.15) is 72.6 Å². The van der Waals surface area contributed by atoms with Gasteiger partial charge in [-0.25, -0.2) is 9.59 Å². The fourth-order valence-corrected chi connectivity index (χ4v) is 4.87. The molecule has 52 heavy (non-hydrogen) atoms. The molecule has 2 unspecified atom stereocenters. The van der Waals surface area contributed by atoms with Crippen LogP contribution in [0.25, 0.3) is 0 Å². The molecule has 0 aromatic carbocycles. The molecule has 0 aliphatic carbocycles. The zero-order valence-corrected chi connectivity index (χ0v) is 32.1. The van der Waals surface area contributed by atoms with Crippen molar-refractivity contribution in [2.45, 2.75) is 95.9 Å². The molecule has 2 amide bonds. The van der Waals surface area contributed by atoms with Crippen molar-refractivity contribution in [2.24, 2.45) is 11.7 Å². The molecule has 4 atom stereocenters. The Kier molecular flexibility index (Phi) is 23.7. The Labute approximate surface area is 305 Å². The third-order valence-electron chi connectivity index (χ3n) is 6.91. The van der Waals surface area contributed by atoms with Crippen LogP contribution in [0.4, 0.5) is 0 Å². The van der Waals surface area contributed by atoms with Crippen LogP contribution in [0, 0.1) is 5.92 Å². The number of carboxylic acid groups (broad SMARTS) is 4. The molecule has 8 N–H and O–H groups in total. The molecule has 19 nitrogen and oxygen atoms in total. The van der Waals surface area contributed by atoms with Gasteiger partial charge in [-0.2, -0.15) is 0 Å². The first-order chi connectivity index (χ1) is 23.4. The molecule has 0 saturated carbocycles. The minimum atomic E-state index is -1.81. The van der Waals surface area contributed by atoms with Crippen molar-refractivity contribution in [3.63, 3.8) is 0 Å². The van der Waals surface area contributed by atoms with E-state index in [9.17, 15) is 58.8 Å². The number of aliphatic carboxylic acids is 4. The summed E-state index contributed by atoms with van der Waals surface area (Å²) >= 11 is 0. The van der Waals surface area contributed by atoms with Crippen molar-refractivity contribution in [2.75, 3.05) is 61.9 Å². The number of rotatable bonds is 18. The maximum atomic E-state index is 11.7. The van der Waals surface area contributed by atoms with E-state index in [1.807, 2.05) is 6.92 Å². The third kappa shape index (κ3) is 24.2. The average molecular weight is 752 g/mol. The van der Waals surface area contributed by atoms with E-state index in [2.05, 4.69) is 10.6 Å². The van der Waals surface area contributed by atoms with Gasteiger partial charge in [-0.1, -0.05) is 27.7 Å². The molecule has 1 heterocycles. The van der Waals surface area contributed by atoms with Crippen molar-refractivity contribution >= 4 is 47.3 Å². The van der Waals surface area contributed by atoms with Crippen molar-refractivity contribution < 1.29 is 78.0 Å². The number of ketones is 2. The summed E-state index contributed by atoms with van der Waals surface area (Å²) in [6.07, 6.45) is 0.376. The van der Waals surface area contributed by atoms with E-state index in [-0.39, 0.29) is 44.3 Å². The Balaban J connectivity index is -0.000000627. The van der Waals surface area contributed by atoms with Crippen molar-refractivity contribution in [3.05, 3.63) is 0 Å². The molecule has 0 bridgehead atoms. The van der Waals surface area contributed by atoms with E-state index in [4.69, 9.17) is 15.9 Å². The third-order valence-corrected chi connectivity index (χ3v) is 6.91. The van der Waals surface area contributed by atoms with Crippen LogP contribution < -0.4 is 26.6 Å². The predicted molar refractivity (Wildman–Crippen MR) is 182 cm³/mol. The highest BCUT2D eigenvalue weighted by Gasteiger charge is 2.41. The van der Waals surface area contributed by atoms with Crippen molar-refractivity contribution in [1.82, 2.24) is 10.6 Å². The molecule has 0 spiro atoms. The Hall–Kier alpha value is -4.04. The average Bonchev–Trinajstić information content (AvgIpc) is 3.40. The predicted octanol–water partition coefficient (Wildman–Crippen LogP) is -4.00. The number of carbonyl (C=O) groups is 8. The number of aliphatic hydroxyl groups is 2. The van der Waals surface area contributed by atoms with Gasteiger partial charge in [-0.05, 0) is 18.8 Å². The normalized spacial score (nSPS) is 16.7. The van der Waals surface area contributed by atoms with Gasteiger partial charge in [0.2, 0.25) is 11.8 Å². The molecule has 1 rings (SSSR count). The second kappa shape index (κ2) is 23.5. The van der Waals surface area contributed by atoms with Crippen LogP contribution in [-0.4, -0.2) is 162 Å². The number of nitrogens with two attached hydrogens (primary N) is 1. The lowest BCUT2D eigenvalue weighted by Gasteiger charge is -2.34. The van der Waals surface area contributed by atoms with Gasteiger partial charge < -0.3 is 65.6 Å². The van der Waals surface area contributed by atoms with Crippen LogP contribution in [0.5, 0.6) is 0 Å². The minimum Gasteiger partial charge on any atom is -0.550 e. The molecular weight excluding hydrogens is 690 g/mol. The summed E-state index contributed by atoms with van der Waals surface area (Å²) in [4.78, 5) is 86.1. The molecule has 0 aromatic heterocycles. The SMILES string of the molecule is CC(C)[C@H](NC(=O)CN)C(=O)O.CCC(=O)C(O)(CC(=O)[O-])C[N+](C)(C)C.CCCC(=O)C(O)(CC(=O)[O-])C[N+](C)(C)C.O=C1CC[C@@H](C(=O)O)N1. The van der Waals surface area contributed by atoms with E-state index in [0.717, 1.165) is 0 Å². The van der Waals surface area contributed by atoms with Crippen molar-refractivity contribution in [1.29, 1.82) is 0 Å². The Morgan fingerprint density at radius 2 is 1.29 bits per heavy atom. The number of Topliss-reactive ketones (excluding diaryl/α,β-unsaturated/α-hetero) is 2. The zero-order valence-electron chi connectivity index (χ0n) is 32.1. The largest absolute Gasteiger partial charge is 0.550 e. The summed E-state index contributed by atoms with van der Waals surface area (Å²) in [5.41, 5.74) is 1.39. The Morgan fingerprint density at radius 1 is 0.865 bits per heavy atom. The highest BCUT2D eigenvalue weighted by Crippen LogP contribution is 2.19. The van der Waals surface area contributed by atoms with Crippen LogP contribution in [0.15, 0.2) is 0 Å². The number of hydrogen-bond acceptors (Lipinski definition) is 13. The van der Waals surface area contributed by atoms with E-state index in [1.54, 1.807) is 63.1 Å². The summed E-state index contributed by atoms with van der Waals surface area (Å²) in [6.45, 7) is 6.79. The lowest BCUT2D eigenvalue weighted by Crippen LogP contribution is -2.56. The zero-order chi connectivity index (χ0) is 41.8. The van der Waals surface area contributed by atoms with Gasteiger partial charge in [0, 0.05) is 44.0 Å². The monoisotopic (exact) mass is 751 g/mol. The lowest BCUT2D eigenvalue weighted by atomic mass is 9.90. The first kappa shape index (κ1) is 52.3. The Bertz CT molecular complexity index is 1230. The van der Waals surface area contributed by atoms with Crippen molar-refractivity contribution in [3.8, 4) is 0 Å². The maximum Gasteiger partial charge on any atom is 0.326 e. The quantitative estimate of drug-likeness (QED) is 0.0657. The fraction of sp³-hybridized carbons (Fsp3) is 0.758. The minimum absolute atomic E-state index is 0.0631. The first-order valence-corrected chi connectivity index (χ1v) is 16.7. The number of likely N-dealkylation sites (N-methyl/N-ethyl adjacent to an activating group) is 2. The van der Waals surface area contributed by atoms with Gasteiger partial charge >= 0.3 is 11.9 Å². The smallest absolute Gasteiger partial charge is 0.326 e. The summed E-state index contributed by atoms with van der Waals surface area (Å²) < 4.78 is 0.634. The number of carbonyl (C=O) groups excluding carboxylic acids is 6. The Morgan fingerprint density at radius 3 is 1.52 bits per heavy atom. The summed E-state index contributed by atoms with van der Waals surface area (Å²) in [5, 5.41) is 62.8. The van der Waals surface area contributed by atoms with Gasteiger partial charge in [0.25, 0.3) is 0 Å². The number of amides is 2. The summed E-state index contributed by atoms with van der Waals surface area (Å²) in [5.74, 6) is -6.43. The maximum absolute atomic E-state index is 11.7. The lowest BCUT2D eigenvalue weighted by molar-refractivity contribution is -0.875. The molecular formula is C33H61N5O14. The summed E-state index contributed by atoms with van der Waals surface area (Å²) in [7, 11) is 10.7. The summed E-state index contributed by atoms with van der Waals surface area (Å²) in [6, 6.07) is -1.49. The van der Waals surface area contributed by atoms with Gasteiger partial charge in [0.1, 0.15) is 25.2 Å². The van der Waals surface area contributed by atoms with Crippen LogP contribution in [0.3, 0.4) is 0 Å².